The first-order chi connectivity index (χ1) is 8.61. The van der Waals surface area contributed by atoms with Gasteiger partial charge in [-0.1, -0.05) is 13.8 Å². The summed E-state index contributed by atoms with van der Waals surface area (Å²) in [7, 11) is 0. The zero-order chi connectivity index (χ0) is 13.8. The highest BCUT2D eigenvalue weighted by molar-refractivity contribution is 5.76. The Labute approximate surface area is 109 Å². The predicted octanol–water partition coefficient (Wildman–Crippen LogP) is 1.42. The summed E-state index contributed by atoms with van der Waals surface area (Å²) in [4.78, 5) is 13.5. The molecule has 18 heavy (non-hydrogen) atoms. The van der Waals surface area contributed by atoms with Crippen molar-refractivity contribution >= 4 is 5.91 Å². The van der Waals surface area contributed by atoms with E-state index in [0.29, 0.717) is 38.4 Å². The molecule has 0 atom stereocenters. The molecule has 0 aromatic heterocycles. The maximum absolute atomic E-state index is 11.9. The van der Waals surface area contributed by atoms with Crippen LogP contribution < -0.4 is 5.32 Å². The van der Waals surface area contributed by atoms with Gasteiger partial charge in [0.05, 0.1) is 25.0 Å². The van der Waals surface area contributed by atoms with Crippen molar-refractivity contribution in [2.24, 2.45) is 0 Å². The summed E-state index contributed by atoms with van der Waals surface area (Å²) in [6.45, 7) is 5.79. The van der Waals surface area contributed by atoms with Crippen LogP contribution in [0.25, 0.3) is 0 Å². The molecule has 1 N–H and O–H groups in total. The average Bonchev–Trinajstić information content (AvgIpc) is 2.34. The van der Waals surface area contributed by atoms with Gasteiger partial charge in [-0.3, -0.25) is 4.79 Å². The van der Waals surface area contributed by atoms with Crippen LogP contribution in [0.3, 0.4) is 0 Å². The van der Waals surface area contributed by atoms with Crippen molar-refractivity contribution in [2.45, 2.75) is 45.6 Å². The summed E-state index contributed by atoms with van der Waals surface area (Å²) in [6, 6.07) is 4.47. The molecule has 5 nitrogen and oxygen atoms in total. The van der Waals surface area contributed by atoms with Crippen molar-refractivity contribution in [3.8, 4) is 12.1 Å². The fraction of sp³-hybridized carbons (Fsp3) is 0.769. The van der Waals surface area contributed by atoms with Crippen molar-refractivity contribution in [1.82, 2.24) is 10.2 Å². The molecule has 0 aliphatic rings. The monoisotopic (exact) mass is 250 g/mol. The third-order valence-electron chi connectivity index (χ3n) is 2.46. The third-order valence-corrected chi connectivity index (χ3v) is 2.46. The minimum absolute atomic E-state index is 0.0334. The van der Waals surface area contributed by atoms with Crippen LogP contribution >= 0.6 is 0 Å². The first kappa shape index (κ1) is 16.4. The van der Waals surface area contributed by atoms with Gasteiger partial charge in [-0.25, -0.2) is 0 Å². The summed E-state index contributed by atoms with van der Waals surface area (Å²) in [5.41, 5.74) is 0. The first-order valence-electron chi connectivity index (χ1n) is 6.36. The SMILES string of the molecule is CC(C)NCCCC(=O)N(CCC#N)CCC#N. The molecule has 100 valence electrons. The van der Waals surface area contributed by atoms with Crippen LogP contribution in [-0.4, -0.2) is 36.5 Å². The minimum Gasteiger partial charge on any atom is -0.341 e. The van der Waals surface area contributed by atoms with E-state index in [2.05, 4.69) is 19.2 Å². The molecule has 0 unspecified atom stereocenters. The van der Waals surface area contributed by atoms with Gasteiger partial charge in [-0.15, -0.1) is 0 Å². The number of amides is 1. The third kappa shape index (κ3) is 8.55. The van der Waals surface area contributed by atoms with Crippen LogP contribution in [0.4, 0.5) is 0 Å². The molecule has 0 aliphatic heterocycles. The molecule has 0 rings (SSSR count). The smallest absolute Gasteiger partial charge is 0.222 e. The highest BCUT2D eigenvalue weighted by Crippen LogP contribution is 2.01. The zero-order valence-corrected chi connectivity index (χ0v) is 11.3. The van der Waals surface area contributed by atoms with Gasteiger partial charge in [0.25, 0.3) is 0 Å². The molecule has 0 spiro atoms. The summed E-state index contributed by atoms with van der Waals surface area (Å²) < 4.78 is 0. The summed E-state index contributed by atoms with van der Waals surface area (Å²) >= 11 is 0. The van der Waals surface area contributed by atoms with E-state index in [1.54, 1.807) is 4.90 Å². The molecule has 0 aromatic rings. The van der Waals surface area contributed by atoms with Crippen molar-refractivity contribution in [3.63, 3.8) is 0 Å². The predicted molar refractivity (Wildman–Crippen MR) is 69.4 cm³/mol. The Morgan fingerprint density at radius 2 is 1.78 bits per heavy atom. The molecule has 0 bridgehead atoms. The van der Waals surface area contributed by atoms with Gasteiger partial charge in [-0.05, 0) is 13.0 Å². The molecular weight excluding hydrogens is 228 g/mol. The molecule has 5 heteroatoms. The maximum Gasteiger partial charge on any atom is 0.222 e. The number of nitrogens with one attached hydrogen (secondary N) is 1. The van der Waals surface area contributed by atoms with E-state index < -0.39 is 0 Å². The second-order valence-corrected chi connectivity index (χ2v) is 4.41. The number of carbonyl (C=O) groups is 1. The van der Waals surface area contributed by atoms with Crippen LogP contribution in [0.15, 0.2) is 0 Å². The molecule has 0 heterocycles. The molecule has 1 amide bonds. The quantitative estimate of drug-likeness (QED) is 0.628. The second kappa shape index (κ2) is 10.6. The van der Waals surface area contributed by atoms with Gasteiger partial charge in [0.15, 0.2) is 0 Å². The van der Waals surface area contributed by atoms with Gasteiger partial charge in [-0.2, -0.15) is 10.5 Å². The Hall–Kier alpha value is -1.59. The number of nitriles is 2. The topological polar surface area (TPSA) is 79.9 Å². The fourth-order valence-electron chi connectivity index (χ4n) is 1.52. The van der Waals surface area contributed by atoms with Crippen LogP contribution in [0.5, 0.6) is 0 Å². The average molecular weight is 250 g/mol. The summed E-state index contributed by atoms with van der Waals surface area (Å²) in [6.07, 6.45) is 1.89. The van der Waals surface area contributed by atoms with Crippen molar-refractivity contribution < 1.29 is 4.79 Å². The molecule has 0 saturated carbocycles. The van der Waals surface area contributed by atoms with Crippen LogP contribution in [0.1, 0.15) is 39.5 Å². The number of hydrogen-bond acceptors (Lipinski definition) is 4. The van der Waals surface area contributed by atoms with Gasteiger partial charge < -0.3 is 10.2 Å². The highest BCUT2D eigenvalue weighted by Gasteiger charge is 2.12. The maximum atomic E-state index is 11.9. The molecule has 0 radical (unpaired) electrons. The van der Waals surface area contributed by atoms with E-state index in [4.69, 9.17) is 10.5 Å². The second-order valence-electron chi connectivity index (χ2n) is 4.41. The normalized spacial score (nSPS) is 9.83. The van der Waals surface area contributed by atoms with E-state index in [0.717, 1.165) is 13.0 Å². The number of rotatable bonds is 9. The largest absolute Gasteiger partial charge is 0.341 e. The minimum atomic E-state index is 0.0334. The molecule has 0 fully saturated rings. The van der Waals surface area contributed by atoms with Crippen molar-refractivity contribution in [3.05, 3.63) is 0 Å². The number of hydrogen-bond donors (Lipinski definition) is 1. The zero-order valence-electron chi connectivity index (χ0n) is 11.3. The lowest BCUT2D eigenvalue weighted by molar-refractivity contribution is -0.131. The fourth-order valence-corrected chi connectivity index (χ4v) is 1.52. The van der Waals surface area contributed by atoms with E-state index >= 15 is 0 Å². The van der Waals surface area contributed by atoms with Crippen molar-refractivity contribution in [2.75, 3.05) is 19.6 Å². The lowest BCUT2D eigenvalue weighted by atomic mass is 10.2. The van der Waals surface area contributed by atoms with Gasteiger partial charge >= 0.3 is 0 Å². The van der Waals surface area contributed by atoms with E-state index in [-0.39, 0.29) is 5.91 Å². The highest BCUT2D eigenvalue weighted by atomic mass is 16.2. The summed E-state index contributed by atoms with van der Waals surface area (Å²) in [5.74, 6) is 0.0334. The Balaban J connectivity index is 3.97. The van der Waals surface area contributed by atoms with Crippen LogP contribution in [0.2, 0.25) is 0 Å². The summed E-state index contributed by atoms with van der Waals surface area (Å²) in [5, 5.41) is 20.3. The molecule has 0 aromatic carbocycles. The van der Waals surface area contributed by atoms with Gasteiger partial charge in [0, 0.05) is 25.6 Å². The first-order valence-corrected chi connectivity index (χ1v) is 6.36. The molecule has 0 aliphatic carbocycles. The van der Waals surface area contributed by atoms with Gasteiger partial charge in [0.2, 0.25) is 5.91 Å². The lowest BCUT2D eigenvalue weighted by Crippen LogP contribution is -2.33. The van der Waals surface area contributed by atoms with Crippen molar-refractivity contribution in [1.29, 1.82) is 10.5 Å². The molecular formula is C13H22N4O. The van der Waals surface area contributed by atoms with Crippen LogP contribution in [-0.2, 0) is 4.79 Å². The number of carbonyl (C=O) groups excluding carboxylic acids is 1. The Morgan fingerprint density at radius 1 is 1.22 bits per heavy atom. The number of nitrogens with zero attached hydrogens (tertiary/aromatic N) is 3. The van der Waals surface area contributed by atoms with E-state index in [1.165, 1.54) is 0 Å². The van der Waals surface area contributed by atoms with Crippen LogP contribution in [0, 0.1) is 22.7 Å². The Kier molecular flexibility index (Phi) is 9.62. The Morgan fingerprint density at radius 3 is 2.22 bits per heavy atom. The molecule has 0 saturated heterocycles. The van der Waals surface area contributed by atoms with E-state index in [1.807, 2.05) is 12.1 Å². The lowest BCUT2D eigenvalue weighted by Gasteiger charge is -2.20. The van der Waals surface area contributed by atoms with Gasteiger partial charge in [0.1, 0.15) is 0 Å². The Bertz CT molecular complexity index is 296. The van der Waals surface area contributed by atoms with E-state index in [9.17, 15) is 4.79 Å². The standard InChI is InChI=1S/C13H22N4O/c1-12(2)16-9-3-6-13(18)17(10-4-7-14)11-5-8-15/h12,16H,3-6,9-11H2,1-2H3.